The van der Waals surface area contributed by atoms with E-state index in [2.05, 4.69) is 0 Å². The van der Waals surface area contributed by atoms with E-state index in [9.17, 15) is 9.18 Å². The van der Waals surface area contributed by atoms with Gasteiger partial charge in [0.2, 0.25) is 0 Å². The topological polar surface area (TPSA) is 17.1 Å². The molecule has 0 aromatic heterocycles. The molecule has 0 saturated carbocycles. The second-order valence-electron chi connectivity index (χ2n) is 2.06. The van der Waals surface area contributed by atoms with E-state index >= 15 is 0 Å². The molecular weight excluding hydrogens is 179 g/mol. The SMILES string of the molecule is CC.CC.CC(=O)c1ccc(F)cc1. The Hall–Kier alpha value is -1.18. The maximum Gasteiger partial charge on any atom is 0.159 e. The fraction of sp³-hybridized carbons (Fsp3) is 0.417. The summed E-state index contributed by atoms with van der Waals surface area (Å²) >= 11 is 0. The zero-order valence-electron chi connectivity index (χ0n) is 9.60. The lowest BCUT2D eigenvalue weighted by atomic mass is 10.1. The molecule has 0 aliphatic carbocycles. The van der Waals surface area contributed by atoms with E-state index in [0.29, 0.717) is 5.56 Å². The van der Waals surface area contributed by atoms with Gasteiger partial charge in [0.25, 0.3) is 0 Å². The fourth-order valence-electron chi connectivity index (χ4n) is 0.685. The first-order chi connectivity index (χ1) is 6.70. The van der Waals surface area contributed by atoms with E-state index in [1.54, 1.807) is 0 Å². The van der Waals surface area contributed by atoms with E-state index in [4.69, 9.17) is 0 Å². The van der Waals surface area contributed by atoms with Crippen molar-refractivity contribution in [2.75, 3.05) is 0 Å². The minimum Gasteiger partial charge on any atom is -0.295 e. The van der Waals surface area contributed by atoms with Gasteiger partial charge >= 0.3 is 0 Å². The van der Waals surface area contributed by atoms with Gasteiger partial charge in [0, 0.05) is 5.56 Å². The molecule has 0 unspecified atom stereocenters. The van der Waals surface area contributed by atoms with Gasteiger partial charge in [0.1, 0.15) is 5.82 Å². The molecule has 0 atom stereocenters. The predicted molar refractivity (Wildman–Crippen MR) is 59.1 cm³/mol. The van der Waals surface area contributed by atoms with Gasteiger partial charge in [-0.25, -0.2) is 4.39 Å². The average Bonchev–Trinajstić information content (AvgIpc) is 2.24. The highest BCUT2D eigenvalue weighted by Crippen LogP contribution is 2.02. The van der Waals surface area contributed by atoms with E-state index in [0.717, 1.165) is 0 Å². The molecule has 0 aliphatic rings. The highest BCUT2D eigenvalue weighted by molar-refractivity contribution is 5.93. The average molecular weight is 198 g/mol. The van der Waals surface area contributed by atoms with Crippen LogP contribution in [0.5, 0.6) is 0 Å². The highest BCUT2D eigenvalue weighted by atomic mass is 19.1. The monoisotopic (exact) mass is 198 g/mol. The number of hydrogen-bond donors (Lipinski definition) is 0. The maximum absolute atomic E-state index is 12.2. The second-order valence-corrected chi connectivity index (χ2v) is 2.06. The molecular formula is C12H19FO. The Balaban J connectivity index is 0. The first-order valence-electron chi connectivity index (χ1n) is 4.96. The molecule has 0 saturated heterocycles. The van der Waals surface area contributed by atoms with E-state index < -0.39 is 0 Å². The van der Waals surface area contributed by atoms with Crippen LogP contribution in [0.1, 0.15) is 45.0 Å². The second kappa shape index (κ2) is 9.90. The van der Waals surface area contributed by atoms with Crippen molar-refractivity contribution in [3.63, 3.8) is 0 Å². The van der Waals surface area contributed by atoms with E-state index in [-0.39, 0.29) is 11.6 Å². The summed E-state index contributed by atoms with van der Waals surface area (Å²) in [5, 5.41) is 0. The molecule has 1 rings (SSSR count). The third kappa shape index (κ3) is 6.35. The number of carbonyl (C=O) groups excluding carboxylic acids is 1. The predicted octanol–water partition coefficient (Wildman–Crippen LogP) is 4.08. The lowest BCUT2D eigenvalue weighted by Crippen LogP contribution is -1.90. The summed E-state index contributed by atoms with van der Waals surface area (Å²) in [5.41, 5.74) is 0.543. The van der Waals surface area contributed by atoms with Crippen LogP contribution in [-0.4, -0.2) is 5.78 Å². The van der Waals surface area contributed by atoms with Gasteiger partial charge in [-0.2, -0.15) is 0 Å². The Morgan fingerprint density at radius 2 is 1.36 bits per heavy atom. The fourth-order valence-corrected chi connectivity index (χ4v) is 0.685. The molecule has 2 heteroatoms. The van der Waals surface area contributed by atoms with Crippen LogP contribution in [0.15, 0.2) is 24.3 Å². The minimum absolute atomic E-state index is 0.0417. The summed E-state index contributed by atoms with van der Waals surface area (Å²) in [6, 6.07) is 5.49. The summed E-state index contributed by atoms with van der Waals surface area (Å²) in [5.74, 6) is -0.356. The van der Waals surface area contributed by atoms with Gasteiger partial charge in [0.15, 0.2) is 5.78 Å². The Morgan fingerprint density at radius 3 is 1.64 bits per heavy atom. The van der Waals surface area contributed by atoms with E-state index in [1.807, 2.05) is 27.7 Å². The van der Waals surface area contributed by atoms with Gasteiger partial charge in [-0.3, -0.25) is 4.79 Å². The number of rotatable bonds is 1. The van der Waals surface area contributed by atoms with Crippen LogP contribution in [-0.2, 0) is 0 Å². The van der Waals surface area contributed by atoms with Crippen LogP contribution in [0.4, 0.5) is 4.39 Å². The van der Waals surface area contributed by atoms with Crippen LogP contribution < -0.4 is 0 Å². The molecule has 1 aromatic carbocycles. The van der Waals surface area contributed by atoms with Gasteiger partial charge < -0.3 is 0 Å². The molecule has 14 heavy (non-hydrogen) atoms. The summed E-state index contributed by atoms with van der Waals surface area (Å²) in [4.78, 5) is 10.6. The third-order valence-corrected chi connectivity index (χ3v) is 1.25. The van der Waals surface area contributed by atoms with Crippen molar-refractivity contribution in [3.05, 3.63) is 35.6 Å². The first kappa shape index (κ1) is 15.3. The number of ketones is 1. The first-order valence-corrected chi connectivity index (χ1v) is 4.96. The lowest BCUT2D eigenvalue weighted by Gasteiger charge is -1.91. The Labute approximate surface area is 86.0 Å². The van der Waals surface area contributed by atoms with Crippen molar-refractivity contribution in [3.8, 4) is 0 Å². The molecule has 0 spiro atoms. The van der Waals surface area contributed by atoms with Crippen molar-refractivity contribution in [1.29, 1.82) is 0 Å². The van der Waals surface area contributed by atoms with Crippen molar-refractivity contribution in [2.45, 2.75) is 34.6 Å². The van der Waals surface area contributed by atoms with E-state index in [1.165, 1.54) is 31.2 Å². The highest BCUT2D eigenvalue weighted by Gasteiger charge is 1.96. The molecule has 0 N–H and O–H groups in total. The lowest BCUT2D eigenvalue weighted by molar-refractivity contribution is 0.101. The minimum atomic E-state index is -0.315. The largest absolute Gasteiger partial charge is 0.295 e. The van der Waals surface area contributed by atoms with Gasteiger partial charge in [-0.05, 0) is 31.2 Å². The summed E-state index contributed by atoms with van der Waals surface area (Å²) in [6.45, 7) is 9.45. The molecule has 0 aliphatic heterocycles. The molecule has 0 radical (unpaired) electrons. The molecule has 0 heterocycles. The maximum atomic E-state index is 12.2. The molecule has 0 fully saturated rings. The van der Waals surface area contributed by atoms with Gasteiger partial charge in [-0.1, -0.05) is 27.7 Å². The standard InChI is InChI=1S/C8H7FO.2C2H6/c1-6(10)7-2-4-8(9)5-3-7;2*1-2/h2-5H,1H3;2*1-2H3. The smallest absolute Gasteiger partial charge is 0.159 e. The zero-order chi connectivity index (χ0) is 11.6. The summed E-state index contributed by atoms with van der Waals surface area (Å²) < 4.78 is 12.2. The number of hydrogen-bond acceptors (Lipinski definition) is 1. The van der Waals surface area contributed by atoms with Crippen molar-refractivity contribution < 1.29 is 9.18 Å². The van der Waals surface area contributed by atoms with Crippen molar-refractivity contribution in [2.24, 2.45) is 0 Å². The molecule has 0 bridgehead atoms. The van der Waals surface area contributed by atoms with Crippen LogP contribution in [0.3, 0.4) is 0 Å². The van der Waals surface area contributed by atoms with Crippen LogP contribution in [0.25, 0.3) is 0 Å². The number of halogens is 1. The van der Waals surface area contributed by atoms with Crippen molar-refractivity contribution in [1.82, 2.24) is 0 Å². The van der Waals surface area contributed by atoms with Crippen LogP contribution in [0.2, 0.25) is 0 Å². The Kier molecular flexibility index (Phi) is 10.8. The number of benzene rings is 1. The van der Waals surface area contributed by atoms with Gasteiger partial charge in [-0.15, -0.1) is 0 Å². The molecule has 1 aromatic rings. The normalized spacial score (nSPS) is 7.57. The number of carbonyl (C=O) groups is 1. The molecule has 80 valence electrons. The van der Waals surface area contributed by atoms with Gasteiger partial charge in [0.05, 0.1) is 0 Å². The molecule has 0 amide bonds. The van der Waals surface area contributed by atoms with Crippen LogP contribution in [0, 0.1) is 5.82 Å². The summed E-state index contributed by atoms with van der Waals surface area (Å²) in [7, 11) is 0. The summed E-state index contributed by atoms with van der Waals surface area (Å²) in [6.07, 6.45) is 0. The van der Waals surface area contributed by atoms with Crippen molar-refractivity contribution >= 4 is 5.78 Å². The Morgan fingerprint density at radius 1 is 1.00 bits per heavy atom. The van der Waals surface area contributed by atoms with Crippen LogP contribution >= 0.6 is 0 Å². The number of Topliss-reactive ketones (excluding diaryl/α,β-unsaturated/α-hetero) is 1. The zero-order valence-corrected chi connectivity index (χ0v) is 9.60. The third-order valence-electron chi connectivity index (χ3n) is 1.25. The molecule has 1 nitrogen and oxygen atoms in total. The quantitative estimate of drug-likeness (QED) is 0.621. The Bertz CT molecular complexity index is 239.